The molecule has 40 heavy (non-hydrogen) atoms. The zero-order valence-corrected chi connectivity index (χ0v) is 23.9. The summed E-state index contributed by atoms with van der Waals surface area (Å²) in [4.78, 5) is 32.3. The van der Waals surface area contributed by atoms with Crippen molar-refractivity contribution in [1.29, 1.82) is 0 Å². The summed E-state index contributed by atoms with van der Waals surface area (Å²) >= 11 is 7.39. The van der Waals surface area contributed by atoms with Crippen molar-refractivity contribution in [1.82, 2.24) is 9.13 Å². The summed E-state index contributed by atoms with van der Waals surface area (Å²) in [5, 5.41) is 0.669. The zero-order chi connectivity index (χ0) is 28.1. The Kier molecular flexibility index (Phi) is 6.64. The van der Waals surface area contributed by atoms with Crippen molar-refractivity contribution >= 4 is 35.0 Å². The molecule has 2 aliphatic rings. The molecule has 0 spiro atoms. The third-order valence-corrected chi connectivity index (χ3v) is 8.31. The fraction of sp³-hybridized carbons (Fsp3) is 0.233. The number of fused-ring (bicyclic) bond motifs is 2. The summed E-state index contributed by atoms with van der Waals surface area (Å²) < 4.78 is 20.7. The molecule has 2 aromatic carbocycles. The number of nitrogens with zero attached hydrogens (tertiary/aromatic N) is 3. The van der Waals surface area contributed by atoms with Crippen LogP contribution in [0.2, 0.25) is 5.02 Å². The Morgan fingerprint density at radius 2 is 1.88 bits per heavy atom. The van der Waals surface area contributed by atoms with Crippen molar-refractivity contribution in [3.63, 3.8) is 0 Å². The largest absolute Gasteiger partial charge is 0.463 e. The predicted molar refractivity (Wildman–Crippen MR) is 153 cm³/mol. The summed E-state index contributed by atoms with van der Waals surface area (Å²) in [5.74, 6) is 0.671. The number of halogens is 1. The van der Waals surface area contributed by atoms with Crippen molar-refractivity contribution in [2.24, 2.45) is 4.99 Å². The fourth-order valence-electron chi connectivity index (χ4n) is 5.25. The lowest BCUT2D eigenvalue weighted by molar-refractivity contribution is -0.139. The van der Waals surface area contributed by atoms with Gasteiger partial charge in [0.1, 0.15) is 0 Å². The van der Waals surface area contributed by atoms with E-state index in [-0.39, 0.29) is 19.0 Å². The van der Waals surface area contributed by atoms with Gasteiger partial charge in [0.25, 0.3) is 5.56 Å². The molecule has 0 saturated heterocycles. The van der Waals surface area contributed by atoms with Crippen LogP contribution in [0.5, 0.6) is 11.5 Å². The monoisotopic (exact) mass is 575 g/mol. The van der Waals surface area contributed by atoms with Crippen LogP contribution >= 0.6 is 22.9 Å². The van der Waals surface area contributed by atoms with Gasteiger partial charge in [-0.05, 0) is 87.4 Å². The van der Waals surface area contributed by atoms with E-state index in [9.17, 15) is 9.59 Å². The van der Waals surface area contributed by atoms with Crippen LogP contribution in [0.4, 0.5) is 0 Å². The fourth-order valence-corrected chi connectivity index (χ4v) is 6.42. The minimum atomic E-state index is -0.728. The number of thiazole rings is 1. The van der Waals surface area contributed by atoms with Crippen LogP contribution in [-0.4, -0.2) is 28.5 Å². The first kappa shape index (κ1) is 26.2. The number of carbonyl (C=O) groups is 1. The van der Waals surface area contributed by atoms with Crippen LogP contribution in [0.25, 0.3) is 11.8 Å². The lowest BCUT2D eigenvalue weighted by Gasteiger charge is -2.24. The molecule has 2 aromatic heterocycles. The van der Waals surface area contributed by atoms with Crippen molar-refractivity contribution in [2.45, 2.75) is 33.7 Å². The van der Waals surface area contributed by atoms with Gasteiger partial charge in [-0.15, -0.1) is 0 Å². The number of hydrogen-bond donors (Lipinski definition) is 0. The molecule has 4 heterocycles. The van der Waals surface area contributed by atoms with Gasteiger partial charge < -0.3 is 18.8 Å². The Labute approximate surface area is 239 Å². The molecule has 8 nitrogen and oxygen atoms in total. The molecule has 0 radical (unpaired) electrons. The van der Waals surface area contributed by atoms with Gasteiger partial charge in [-0.3, -0.25) is 9.36 Å². The molecule has 0 aliphatic carbocycles. The van der Waals surface area contributed by atoms with Crippen LogP contribution < -0.4 is 24.4 Å². The van der Waals surface area contributed by atoms with E-state index in [0.717, 1.165) is 22.6 Å². The molecule has 0 N–H and O–H groups in total. The Bertz CT molecular complexity index is 1880. The third kappa shape index (κ3) is 4.35. The van der Waals surface area contributed by atoms with Gasteiger partial charge in [0, 0.05) is 22.1 Å². The molecule has 204 valence electrons. The SMILES string of the molecule is CCOC(=O)C1=C(C)N=c2s/c(=C\c3cc(C)n(-c4ccc(Cl)cc4)c3C)c(=O)n2[C@H]1c1ccc2c(c1)OCO2. The number of allylic oxidation sites excluding steroid dienone is 1. The molecular weight excluding hydrogens is 550 g/mol. The average Bonchev–Trinajstić information content (AvgIpc) is 3.59. The van der Waals surface area contributed by atoms with Gasteiger partial charge in [-0.2, -0.15) is 0 Å². The number of rotatable bonds is 5. The smallest absolute Gasteiger partial charge is 0.338 e. The standard InChI is InChI=1S/C30H26ClN3O5S/c1-5-37-29(36)26-17(3)32-30-34(27(26)19-6-11-23-24(13-19)39-15-38-23)28(35)25(40-30)14-20-12-16(2)33(18(20)4)22-9-7-21(31)8-10-22/h6-14,27H,5,15H2,1-4H3/b25-14-/t27-/m0/s1. The summed E-state index contributed by atoms with van der Waals surface area (Å²) in [6.45, 7) is 7.88. The maximum Gasteiger partial charge on any atom is 0.338 e. The Morgan fingerprint density at radius 1 is 1.12 bits per heavy atom. The number of benzene rings is 2. The number of esters is 1. The van der Waals surface area contributed by atoms with Gasteiger partial charge >= 0.3 is 5.97 Å². The summed E-state index contributed by atoms with van der Waals surface area (Å²) in [5.41, 5.74) is 5.21. The molecule has 4 aromatic rings. The van der Waals surface area contributed by atoms with Crippen molar-refractivity contribution < 1.29 is 19.0 Å². The van der Waals surface area contributed by atoms with E-state index >= 15 is 0 Å². The zero-order valence-electron chi connectivity index (χ0n) is 22.4. The van der Waals surface area contributed by atoms with Gasteiger partial charge in [0.05, 0.1) is 28.5 Å². The lowest BCUT2D eigenvalue weighted by Crippen LogP contribution is -2.39. The number of ether oxygens (including phenoxy) is 3. The van der Waals surface area contributed by atoms with E-state index in [0.29, 0.717) is 42.7 Å². The predicted octanol–water partition coefficient (Wildman–Crippen LogP) is 4.59. The van der Waals surface area contributed by atoms with Crippen molar-refractivity contribution in [3.8, 4) is 17.2 Å². The molecule has 1 atom stereocenters. The van der Waals surface area contributed by atoms with Gasteiger partial charge in [-0.1, -0.05) is 29.0 Å². The third-order valence-electron chi connectivity index (χ3n) is 7.07. The van der Waals surface area contributed by atoms with Gasteiger partial charge in [0.2, 0.25) is 6.79 Å². The minimum Gasteiger partial charge on any atom is -0.463 e. The highest BCUT2D eigenvalue weighted by Gasteiger charge is 2.34. The molecule has 0 unspecified atom stereocenters. The quantitative estimate of drug-likeness (QED) is 0.325. The highest BCUT2D eigenvalue weighted by Crippen LogP contribution is 2.38. The average molecular weight is 576 g/mol. The Balaban J connectivity index is 1.52. The highest BCUT2D eigenvalue weighted by molar-refractivity contribution is 7.07. The highest BCUT2D eigenvalue weighted by atomic mass is 35.5. The molecule has 0 saturated carbocycles. The second-order valence-corrected chi connectivity index (χ2v) is 11.0. The summed E-state index contributed by atoms with van der Waals surface area (Å²) in [6.07, 6.45) is 1.89. The lowest BCUT2D eigenvalue weighted by atomic mass is 9.95. The van der Waals surface area contributed by atoms with Crippen LogP contribution in [0.15, 0.2) is 69.6 Å². The molecule has 2 aliphatic heterocycles. The van der Waals surface area contributed by atoms with E-state index in [2.05, 4.69) is 9.56 Å². The first-order chi connectivity index (χ1) is 19.3. The van der Waals surface area contributed by atoms with Gasteiger partial charge in [0.15, 0.2) is 16.3 Å². The Hall–Kier alpha value is -4.08. The number of aromatic nitrogens is 2. The molecule has 0 amide bonds. The van der Waals surface area contributed by atoms with Crippen molar-refractivity contribution in [2.75, 3.05) is 13.4 Å². The maximum atomic E-state index is 14.0. The number of aryl methyl sites for hydroxylation is 1. The van der Waals surface area contributed by atoms with E-state index in [1.807, 2.05) is 62.4 Å². The molecule has 0 fully saturated rings. The van der Waals surface area contributed by atoms with Crippen LogP contribution in [-0.2, 0) is 9.53 Å². The minimum absolute atomic E-state index is 0.121. The molecule has 10 heteroatoms. The first-order valence-electron chi connectivity index (χ1n) is 12.8. The normalized spacial score (nSPS) is 16.2. The first-order valence-corrected chi connectivity index (χ1v) is 14.0. The number of carbonyl (C=O) groups excluding carboxylic acids is 1. The van der Waals surface area contributed by atoms with Crippen LogP contribution in [0.3, 0.4) is 0 Å². The molecular formula is C30H26ClN3O5S. The van der Waals surface area contributed by atoms with Gasteiger partial charge in [-0.25, -0.2) is 9.79 Å². The van der Waals surface area contributed by atoms with E-state index in [1.165, 1.54) is 11.3 Å². The molecule has 0 bridgehead atoms. The van der Waals surface area contributed by atoms with E-state index in [4.69, 9.17) is 25.8 Å². The van der Waals surface area contributed by atoms with Crippen LogP contribution in [0.1, 0.15) is 42.4 Å². The van der Waals surface area contributed by atoms with Crippen molar-refractivity contribution in [3.05, 3.63) is 107 Å². The molecule has 6 rings (SSSR count). The van der Waals surface area contributed by atoms with E-state index < -0.39 is 12.0 Å². The van der Waals surface area contributed by atoms with Crippen LogP contribution in [0, 0.1) is 13.8 Å². The number of hydrogen-bond acceptors (Lipinski definition) is 7. The second-order valence-electron chi connectivity index (χ2n) is 9.55. The topological polar surface area (TPSA) is 84.1 Å². The summed E-state index contributed by atoms with van der Waals surface area (Å²) in [7, 11) is 0. The Morgan fingerprint density at radius 3 is 2.62 bits per heavy atom. The van der Waals surface area contributed by atoms with E-state index in [1.54, 1.807) is 24.5 Å². The second kappa shape index (κ2) is 10.1. The summed E-state index contributed by atoms with van der Waals surface area (Å²) in [6, 6.07) is 14.4. The maximum absolute atomic E-state index is 14.0.